The van der Waals surface area contributed by atoms with Gasteiger partial charge in [-0.05, 0) is 43.0 Å². The molecular formula is C18H18N6O3. The molecule has 2 atom stereocenters. The van der Waals surface area contributed by atoms with E-state index in [1.165, 1.54) is 4.68 Å². The summed E-state index contributed by atoms with van der Waals surface area (Å²) >= 11 is 0. The molecule has 2 aromatic heterocycles. The van der Waals surface area contributed by atoms with E-state index in [2.05, 4.69) is 25.8 Å². The molecule has 0 saturated carbocycles. The molecule has 2 unspecified atom stereocenters. The van der Waals surface area contributed by atoms with Crippen LogP contribution in [-0.2, 0) is 17.6 Å². The molecule has 2 aliphatic rings. The Bertz CT molecular complexity index is 1090. The van der Waals surface area contributed by atoms with Gasteiger partial charge in [-0.25, -0.2) is 4.68 Å². The predicted molar refractivity (Wildman–Crippen MR) is 95.5 cm³/mol. The maximum Gasteiger partial charge on any atom is 0.267 e. The second kappa shape index (κ2) is 6.27. The number of H-pyrrole nitrogens is 1. The Labute approximate surface area is 153 Å². The highest BCUT2D eigenvalue weighted by atomic mass is 16.5. The monoisotopic (exact) mass is 366 g/mol. The van der Waals surface area contributed by atoms with Crippen molar-refractivity contribution in [2.24, 2.45) is 0 Å². The number of ether oxygens (including phenoxy) is 1. The summed E-state index contributed by atoms with van der Waals surface area (Å²) < 4.78 is 7.03. The minimum absolute atomic E-state index is 0.144. The number of hydrogen-bond donors (Lipinski definition) is 2. The van der Waals surface area contributed by atoms with Crippen molar-refractivity contribution >= 4 is 16.9 Å². The molecule has 3 heterocycles. The Morgan fingerprint density at radius 2 is 2.07 bits per heavy atom. The van der Waals surface area contributed by atoms with Gasteiger partial charge in [0.1, 0.15) is 17.1 Å². The van der Waals surface area contributed by atoms with Gasteiger partial charge >= 0.3 is 0 Å². The zero-order chi connectivity index (χ0) is 18.4. The SMILES string of the molecule is O=C(NC1COCC1n1nc2c(cc1=O)CCC2)c1ccc2n[nH]nc2c1. The predicted octanol–water partition coefficient (Wildman–Crippen LogP) is 0.373. The molecule has 2 N–H and O–H groups in total. The lowest BCUT2D eigenvalue weighted by atomic mass is 10.1. The summed E-state index contributed by atoms with van der Waals surface area (Å²) in [4.78, 5) is 25.2. The number of carbonyl (C=O) groups is 1. The van der Waals surface area contributed by atoms with E-state index in [4.69, 9.17) is 4.74 Å². The number of carbonyl (C=O) groups excluding carboxylic acids is 1. The maximum absolute atomic E-state index is 12.7. The van der Waals surface area contributed by atoms with Crippen LogP contribution < -0.4 is 10.9 Å². The molecule has 27 heavy (non-hydrogen) atoms. The zero-order valence-electron chi connectivity index (χ0n) is 14.5. The molecule has 1 aliphatic carbocycles. The average Bonchev–Trinajstić information content (AvgIpc) is 3.40. The first-order valence-electron chi connectivity index (χ1n) is 9.00. The molecule has 9 nitrogen and oxygen atoms in total. The van der Waals surface area contributed by atoms with Gasteiger partial charge in [0, 0.05) is 11.6 Å². The molecule has 138 valence electrons. The minimum Gasteiger partial charge on any atom is -0.377 e. The van der Waals surface area contributed by atoms with Gasteiger partial charge in [-0.1, -0.05) is 0 Å². The maximum atomic E-state index is 12.7. The molecule has 1 aliphatic heterocycles. The van der Waals surface area contributed by atoms with Crippen LogP contribution >= 0.6 is 0 Å². The van der Waals surface area contributed by atoms with Crippen molar-refractivity contribution in [1.29, 1.82) is 0 Å². The summed E-state index contributed by atoms with van der Waals surface area (Å²) in [7, 11) is 0. The zero-order valence-corrected chi connectivity index (χ0v) is 14.5. The number of nitrogens with one attached hydrogen (secondary N) is 2. The fourth-order valence-corrected chi connectivity index (χ4v) is 3.81. The first kappa shape index (κ1) is 16.1. The molecule has 5 rings (SSSR count). The largest absolute Gasteiger partial charge is 0.377 e. The lowest BCUT2D eigenvalue weighted by Gasteiger charge is -2.21. The van der Waals surface area contributed by atoms with Crippen LogP contribution in [0.25, 0.3) is 11.0 Å². The first-order valence-corrected chi connectivity index (χ1v) is 9.00. The molecule has 9 heteroatoms. The second-order valence-electron chi connectivity index (χ2n) is 6.96. The van der Waals surface area contributed by atoms with Gasteiger partial charge in [0.05, 0.1) is 24.9 Å². The Kier molecular flexibility index (Phi) is 3.75. The van der Waals surface area contributed by atoms with Crippen molar-refractivity contribution in [2.75, 3.05) is 13.2 Å². The van der Waals surface area contributed by atoms with E-state index in [9.17, 15) is 9.59 Å². The number of benzene rings is 1. The molecule has 1 amide bonds. The Morgan fingerprint density at radius 1 is 1.19 bits per heavy atom. The van der Waals surface area contributed by atoms with Gasteiger partial charge in [0.25, 0.3) is 11.5 Å². The summed E-state index contributed by atoms with van der Waals surface area (Å²) in [6.07, 6.45) is 2.82. The highest BCUT2D eigenvalue weighted by molar-refractivity contribution is 5.97. The van der Waals surface area contributed by atoms with Crippen LogP contribution in [0, 0.1) is 0 Å². The number of nitrogens with zero attached hydrogens (tertiary/aromatic N) is 4. The molecule has 0 radical (unpaired) electrons. The van der Waals surface area contributed by atoms with E-state index in [0.29, 0.717) is 29.8 Å². The molecule has 1 fully saturated rings. The fourth-order valence-electron chi connectivity index (χ4n) is 3.81. The normalized spacial score (nSPS) is 21.5. The second-order valence-corrected chi connectivity index (χ2v) is 6.96. The third-order valence-electron chi connectivity index (χ3n) is 5.24. The lowest BCUT2D eigenvalue weighted by Crippen LogP contribution is -2.44. The quantitative estimate of drug-likeness (QED) is 0.692. The lowest BCUT2D eigenvalue weighted by molar-refractivity contribution is 0.0924. The van der Waals surface area contributed by atoms with Gasteiger partial charge in [0.2, 0.25) is 0 Å². The van der Waals surface area contributed by atoms with Crippen LogP contribution in [0.4, 0.5) is 0 Å². The molecular weight excluding hydrogens is 348 g/mol. The number of rotatable bonds is 3. The van der Waals surface area contributed by atoms with E-state index in [-0.39, 0.29) is 23.6 Å². The molecule has 0 bridgehead atoms. The van der Waals surface area contributed by atoms with Crippen molar-refractivity contribution in [2.45, 2.75) is 31.3 Å². The van der Waals surface area contributed by atoms with E-state index in [1.54, 1.807) is 24.3 Å². The summed E-state index contributed by atoms with van der Waals surface area (Å²) in [5, 5.41) is 18.0. The van der Waals surface area contributed by atoms with Crippen molar-refractivity contribution in [3.63, 3.8) is 0 Å². The van der Waals surface area contributed by atoms with Gasteiger partial charge in [0.15, 0.2) is 0 Å². The van der Waals surface area contributed by atoms with Crippen LogP contribution in [0.1, 0.15) is 34.1 Å². The fraction of sp³-hybridized carbons (Fsp3) is 0.389. The van der Waals surface area contributed by atoms with Crippen LogP contribution in [-0.4, -0.2) is 50.4 Å². The Hall–Kier alpha value is -3.07. The van der Waals surface area contributed by atoms with Gasteiger partial charge < -0.3 is 10.1 Å². The van der Waals surface area contributed by atoms with Gasteiger partial charge in [-0.15, -0.1) is 0 Å². The molecule has 1 aromatic carbocycles. The summed E-state index contributed by atoms with van der Waals surface area (Å²) in [5.41, 5.74) is 3.67. The van der Waals surface area contributed by atoms with Crippen LogP contribution in [0.5, 0.6) is 0 Å². The number of aromatic nitrogens is 5. The van der Waals surface area contributed by atoms with E-state index in [1.807, 2.05) is 0 Å². The topological polar surface area (TPSA) is 115 Å². The van der Waals surface area contributed by atoms with Crippen LogP contribution in [0.2, 0.25) is 0 Å². The first-order chi connectivity index (χ1) is 13.2. The average molecular weight is 366 g/mol. The van der Waals surface area contributed by atoms with Gasteiger partial charge in [-0.2, -0.15) is 20.5 Å². The number of amides is 1. The standard InChI is InChI=1S/C18H18N6O3/c25-17-7-10-2-1-3-12(10)22-24(17)16-9-27-8-15(16)19-18(26)11-4-5-13-14(6-11)21-23-20-13/h4-7,15-16H,1-3,8-9H2,(H,19,26)(H,20,21,23). The third kappa shape index (κ3) is 2.80. The Balaban J connectivity index is 1.40. The number of fused-ring (bicyclic) bond motifs is 2. The van der Waals surface area contributed by atoms with Crippen LogP contribution in [0.3, 0.4) is 0 Å². The Morgan fingerprint density at radius 3 is 3.00 bits per heavy atom. The van der Waals surface area contributed by atoms with Crippen molar-refractivity contribution in [3.05, 3.63) is 51.4 Å². The van der Waals surface area contributed by atoms with E-state index < -0.39 is 0 Å². The van der Waals surface area contributed by atoms with E-state index in [0.717, 1.165) is 30.5 Å². The van der Waals surface area contributed by atoms with Crippen molar-refractivity contribution in [1.82, 2.24) is 30.5 Å². The van der Waals surface area contributed by atoms with Gasteiger partial charge in [-0.3, -0.25) is 9.59 Å². The number of aryl methyl sites for hydroxylation is 2. The number of hydrogen-bond acceptors (Lipinski definition) is 6. The number of aromatic amines is 1. The smallest absolute Gasteiger partial charge is 0.267 e. The van der Waals surface area contributed by atoms with Crippen molar-refractivity contribution < 1.29 is 9.53 Å². The summed E-state index contributed by atoms with van der Waals surface area (Å²) in [5.74, 6) is -0.241. The summed E-state index contributed by atoms with van der Waals surface area (Å²) in [6, 6.07) is 6.15. The molecule has 3 aromatic rings. The molecule has 0 spiro atoms. The highest BCUT2D eigenvalue weighted by Crippen LogP contribution is 2.22. The van der Waals surface area contributed by atoms with Crippen molar-refractivity contribution in [3.8, 4) is 0 Å². The van der Waals surface area contributed by atoms with Crippen LogP contribution in [0.15, 0.2) is 29.1 Å². The molecule has 1 saturated heterocycles. The summed E-state index contributed by atoms with van der Waals surface area (Å²) in [6.45, 7) is 0.687. The minimum atomic E-state index is -0.324. The van der Waals surface area contributed by atoms with E-state index >= 15 is 0 Å². The highest BCUT2D eigenvalue weighted by Gasteiger charge is 2.33. The third-order valence-corrected chi connectivity index (χ3v) is 5.24.